The molecule has 0 unspecified atom stereocenters. The maximum Gasteiger partial charge on any atom is 0.326 e. The number of amides is 1. The van der Waals surface area contributed by atoms with E-state index in [4.69, 9.17) is 4.84 Å². The van der Waals surface area contributed by atoms with Gasteiger partial charge in [-0.2, -0.15) is 0 Å². The van der Waals surface area contributed by atoms with Crippen molar-refractivity contribution in [1.29, 1.82) is 0 Å². The van der Waals surface area contributed by atoms with Crippen LogP contribution in [0.25, 0.3) is 0 Å². The van der Waals surface area contributed by atoms with Crippen molar-refractivity contribution < 1.29 is 29.4 Å². The van der Waals surface area contributed by atoms with E-state index < -0.39 is 23.5 Å². The lowest BCUT2D eigenvalue weighted by molar-refractivity contribution is -0.159. The van der Waals surface area contributed by atoms with Crippen LogP contribution < -0.4 is 5.32 Å². The molecule has 0 spiro atoms. The van der Waals surface area contributed by atoms with Gasteiger partial charge in [0, 0.05) is 5.41 Å². The molecule has 7 atom stereocenters. The lowest BCUT2D eigenvalue weighted by Crippen LogP contribution is -2.57. The van der Waals surface area contributed by atoms with Crippen molar-refractivity contribution in [3.63, 3.8) is 0 Å². The number of oxime groups is 1. The largest absolute Gasteiger partial charge is 0.480 e. The minimum absolute atomic E-state index is 0.0730. The molecule has 0 heterocycles. The number of rotatable bonds is 7. The topological polar surface area (TPSA) is 125 Å². The van der Waals surface area contributed by atoms with E-state index in [0.717, 1.165) is 50.7 Å². The number of aliphatic hydroxyl groups is 1. The van der Waals surface area contributed by atoms with Crippen molar-refractivity contribution >= 4 is 23.4 Å². The highest BCUT2D eigenvalue weighted by molar-refractivity contribution is 5.96. The van der Waals surface area contributed by atoms with Crippen LogP contribution in [0.3, 0.4) is 0 Å². The van der Waals surface area contributed by atoms with Crippen LogP contribution >= 0.6 is 0 Å². The van der Waals surface area contributed by atoms with Crippen molar-refractivity contribution in [3.05, 3.63) is 11.6 Å². The highest BCUT2D eigenvalue weighted by Crippen LogP contribution is 2.67. The van der Waals surface area contributed by atoms with Crippen LogP contribution in [-0.2, 0) is 19.2 Å². The number of nitrogens with zero attached hydrogens (tertiary/aromatic N) is 1. The summed E-state index contributed by atoms with van der Waals surface area (Å²) in [6.45, 7) is 9.23. The Hall–Kier alpha value is -2.22. The Bertz CT molecular complexity index is 989. The molecule has 4 aliphatic rings. The normalized spacial score (nSPS) is 39.5. The van der Waals surface area contributed by atoms with Gasteiger partial charge in [-0.05, 0) is 93.5 Å². The first-order chi connectivity index (χ1) is 16.8. The SMILES string of the molecule is CC(=O)[C@@]1(O)CC[C@H]2[C@@H]3CCC4=C/C(=N\OCC(=O)N[C@H](C(=O)O)C(C)C)CC[C@]4(C)[C@H]3CC[C@@]21C. The zero-order valence-electron chi connectivity index (χ0n) is 22.3. The Morgan fingerprint density at radius 1 is 1.11 bits per heavy atom. The van der Waals surface area contributed by atoms with Gasteiger partial charge in [0.25, 0.3) is 5.91 Å². The third kappa shape index (κ3) is 4.29. The van der Waals surface area contributed by atoms with Gasteiger partial charge >= 0.3 is 5.97 Å². The molecule has 8 nitrogen and oxygen atoms in total. The van der Waals surface area contributed by atoms with Gasteiger partial charge in [0.2, 0.25) is 0 Å². The number of nitrogens with one attached hydrogen (secondary N) is 1. The first kappa shape index (κ1) is 26.8. The summed E-state index contributed by atoms with van der Waals surface area (Å²) >= 11 is 0. The predicted molar refractivity (Wildman–Crippen MR) is 135 cm³/mol. The van der Waals surface area contributed by atoms with Gasteiger partial charge in [-0.3, -0.25) is 9.59 Å². The van der Waals surface area contributed by atoms with Crippen molar-refractivity contribution in [2.75, 3.05) is 6.61 Å². The van der Waals surface area contributed by atoms with Crippen LogP contribution in [0.5, 0.6) is 0 Å². The number of carboxylic acids is 1. The van der Waals surface area contributed by atoms with Crippen LogP contribution in [0, 0.1) is 34.5 Å². The second-order valence-electron chi connectivity index (χ2n) is 12.4. The number of ketones is 1. The van der Waals surface area contributed by atoms with Crippen LogP contribution in [0.15, 0.2) is 16.8 Å². The van der Waals surface area contributed by atoms with Gasteiger partial charge in [0.05, 0.1) is 5.71 Å². The molecular formula is C28H42N2O6. The standard InChI is InChI=1S/C28H42N2O6/c1-16(2)24(25(33)34)29-23(32)15-36-30-19-8-11-26(4)18(14-19)6-7-20-21(26)9-12-27(5)22(20)10-13-28(27,35)17(3)31/h14,16,20-22,24,35H,6-13,15H2,1-5H3,(H,29,32)(H,33,34)/b30-19-/t20-,21+,22+,24+,26+,27+,28+/m1/s1. The van der Waals surface area contributed by atoms with E-state index in [2.05, 4.69) is 30.4 Å². The van der Waals surface area contributed by atoms with E-state index in [0.29, 0.717) is 24.2 Å². The van der Waals surface area contributed by atoms with Gasteiger partial charge in [-0.1, -0.05) is 38.4 Å². The fourth-order valence-electron chi connectivity index (χ4n) is 8.14. The van der Waals surface area contributed by atoms with Crippen LogP contribution in [-0.4, -0.2) is 51.8 Å². The number of carboxylic acid groups (broad SMARTS) is 1. The maximum absolute atomic E-state index is 12.4. The summed E-state index contributed by atoms with van der Waals surface area (Å²) in [5.74, 6) is -0.455. The average molecular weight is 503 g/mol. The predicted octanol–water partition coefficient (Wildman–Crippen LogP) is 3.87. The summed E-state index contributed by atoms with van der Waals surface area (Å²) < 4.78 is 0. The monoisotopic (exact) mass is 502 g/mol. The Balaban J connectivity index is 1.42. The molecule has 4 rings (SSSR count). The number of carbonyl (C=O) groups excluding carboxylic acids is 2. The zero-order chi connectivity index (χ0) is 26.5. The van der Waals surface area contributed by atoms with Crippen molar-refractivity contribution in [2.45, 2.75) is 97.6 Å². The molecule has 0 aromatic rings. The smallest absolute Gasteiger partial charge is 0.326 e. The fourth-order valence-corrected chi connectivity index (χ4v) is 8.14. The molecule has 0 aromatic carbocycles. The van der Waals surface area contributed by atoms with Crippen molar-refractivity contribution in [1.82, 2.24) is 5.32 Å². The molecule has 8 heteroatoms. The lowest BCUT2D eigenvalue weighted by atomic mass is 9.46. The summed E-state index contributed by atoms with van der Waals surface area (Å²) in [4.78, 5) is 41.1. The first-order valence-electron chi connectivity index (χ1n) is 13.5. The molecule has 0 bridgehead atoms. The van der Waals surface area contributed by atoms with Gasteiger partial charge < -0.3 is 20.4 Å². The summed E-state index contributed by atoms with van der Waals surface area (Å²) in [6, 6.07) is -0.954. The van der Waals surface area contributed by atoms with E-state index in [-0.39, 0.29) is 29.1 Å². The number of hydrogen-bond acceptors (Lipinski definition) is 6. The molecular weight excluding hydrogens is 460 g/mol. The summed E-state index contributed by atoms with van der Waals surface area (Å²) in [5.41, 5.74) is 0.761. The second kappa shape index (κ2) is 9.58. The van der Waals surface area contributed by atoms with E-state index in [9.17, 15) is 24.6 Å². The molecule has 200 valence electrons. The van der Waals surface area contributed by atoms with Crippen molar-refractivity contribution in [2.24, 2.45) is 39.7 Å². The first-order valence-corrected chi connectivity index (χ1v) is 13.5. The fraction of sp³-hybridized carbons (Fsp3) is 0.786. The molecule has 1 amide bonds. The molecule has 3 saturated carbocycles. The number of hydrogen-bond donors (Lipinski definition) is 3. The van der Waals surface area contributed by atoms with E-state index >= 15 is 0 Å². The third-order valence-electron chi connectivity index (χ3n) is 10.3. The minimum Gasteiger partial charge on any atom is -0.480 e. The summed E-state index contributed by atoms with van der Waals surface area (Å²) in [5, 5.41) is 27.2. The molecule has 0 aliphatic heterocycles. The molecule has 0 saturated heterocycles. The van der Waals surface area contributed by atoms with Gasteiger partial charge in [-0.25, -0.2) is 4.79 Å². The lowest BCUT2D eigenvalue weighted by Gasteiger charge is -2.59. The number of aliphatic carboxylic acids is 1. The Morgan fingerprint density at radius 2 is 1.81 bits per heavy atom. The highest BCUT2D eigenvalue weighted by atomic mass is 16.6. The van der Waals surface area contributed by atoms with Crippen LogP contribution in [0.1, 0.15) is 86.0 Å². The summed E-state index contributed by atoms with van der Waals surface area (Å²) in [7, 11) is 0. The van der Waals surface area contributed by atoms with Gasteiger partial charge in [0.1, 0.15) is 11.6 Å². The van der Waals surface area contributed by atoms with E-state index in [1.54, 1.807) is 20.8 Å². The maximum atomic E-state index is 12.4. The van der Waals surface area contributed by atoms with Gasteiger partial charge in [0.15, 0.2) is 12.4 Å². The molecule has 3 N–H and O–H groups in total. The molecule has 36 heavy (non-hydrogen) atoms. The van der Waals surface area contributed by atoms with Gasteiger partial charge in [-0.15, -0.1) is 0 Å². The van der Waals surface area contributed by atoms with Crippen LogP contribution in [0.4, 0.5) is 0 Å². The molecule has 0 aromatic heterocycles. The highest BCUT2D eigenvalue weighted by Gasteiger charge is 2.65. The van der Waals surface area contributed by atoms with E-state index in [1.807, 2.05) is 0 Å². The number of carbonyl (C=O) groups is 3. The number of allylic oxidation sites excluding steroid dienone is 2. The average Bonchev–Trinajstić information content (AvgIpc) is 3.09. The number of fused-ring (bicyclic) bond motifs is 5. The quantitative estimate of drug-likeness (QED) is 0.454. The van der Waals surface area contributed by atoms with Crippen molar-refractivity contribution in [3.8, 4) is 0 Å². The molecule has 3 fully saturated rings. The summed E-state index contributed by atoms with van der Waals surface area (Å²) in [6.07, 6.45) is 9.29. The molecule has 0 radical (unpaired) electrons. The van der Waals surface area contributed by atoms with E-state index in [1.165, 1.54) is 5.57 Å². The Labute approximate surface area is 213 Å². The second-order valence-corrected chi connectivity index (χ2v) is 12.4. The number of Topliss-reactive ketones (excluding diaryl/α,β-unsaturated/α-hetero) is 1. The molecule has 4 aliphatic carbocycles. The Morgan fingerprint density at radius 3 is 2.44 bits per heavy atom. The minimum atomic E-state index is -1.19. The zero-order valence-corrected chi connectivity index (χ0v) is 22.3. The Kier molecular flexibility index (Phi) is 7.14. The van der Waals surface area contributed by atoms with Crippen LogP contribution in [0.2, 0.25) is 0 Å². The third-order valence-corrected chi connectivity index (χ3v) is 10.3.